The van der Waals surface area contributed by atoms with Gasteiger partial charge in [0.25, 0.3) is 0 Å². The van der Waals surface area contributed by atoms with Gasteiger partial charge in [-0.25, -0.2) is 0 Å². The first-order valence-corrected chi connectivity index (χ1v) is 10.7. The molecule has 0 bridgehead atoms. The van der Waals surface area contributed by atoms with Gasteiger partial charge in [0.1, 0.15) is 0 Å². The maximum atomic E-state index is 10.0. The first kappa shape index (κ1) is 22.8. The number of hydrogen-bond acceptors (Lipinski definition) is 6. The molecule has 1 aliphatic carbocycles. The molecule has 31 heavy (non-hydrogen) atoms. The summed E-state index contributed by atoms with van der Waals surface area (Å²) in [4.78, 5) is 0. The minimum absolute atomic E-state index is 0.418. The largest absolute Gasteiger partial charge is 0.493 e. The van der Waals surface area contributed by atoms with Gasteiger partial charge in [-0.2, -0.15) is 5.26 Å². The zero-order valence-corrected chi connectivity index (χ0v) is 18.9. The quantitative estimate of drug-likeness (QED) is 0.649. The Bertz CT molecular complexity index is 914. The summed E-state index contributed by atoms with van der Waals surface area (Å²) in [6.45, 7) is 0.885. The summed E-state index contributed by atoms with van der Waals surface area (Å²) < 4.78 is 21.5. The second-order valence-electron chi connectivity index (χ2n) is 7.93. The Morgan fingerprint density at radius 2 is 1.45 bits per heavy atom. The van der Waals surface area contributed by atoms with E-state index < -0.39 is 5.41 Å². The molecule has 2 aromatic rings. The molecular weight excluding hydrogens is 392 g/mol. The number of nitrogens with one attached hydrogen (secondary N) is 1. The molecule has 0 atom stereocenters. The van der Waals surface area contributed by atoms with Crippen LogP contribution in [-0.2, 0) is 11.8 Å². The number of nitriles is 1. The van der Waals surface area contributed by atoms with Crippen molar-refractivity contribution in [3.05, 3.63) is 47.5 Å². The maximum Gasteiger partial charge on any atom is 0.161 e. The van der Waals surface area contributed by atoms with Crippen molar-refractivity contribution in [3.8, 4) is 29.1 Å². The van der Waals surface area contributed by atoms with Crippen LogP contribution in [-0.4, -0.2) is 41.0 Å². The molecule has 0 heterocycles. The highest BCUT2D eigenvalue weighted by Gasteiger charge is 2.37. The third-order valence-electron chi connectivity index (χ3n) is 6.28. The van der Waals surface area contributed by atoms with Crippen molar-refractivity contribution in [3.63, 3.8) is 0 Å². The topological polar surface area (TPSA) is 72.7 Å². The van der Waals surface area contributed by atoms with Crippen molar-refractivity contribution in [2.24, 2.45) is 0 Å². The summed E-state index contributed by atoms with van der Waals surface area (Å²) in [7, 11) is 6.55. The molecule has 1 fully saturated rings. The van der Waals surface area contributed by atoms with Gasteiger partial charge < -0.3 is 24.3 Å². The molecule has 0 unspecified atom stereocenters. The number of hydrogen-bond donors (Lipinski definition) is 1. The molecule has 0 radical (unpaired) electrons. The lowest BCUT2D eigenvalue weighted by Gasteiger charge is -2.36. The lowest BCUT2D eigenvalue weighted by molar-refractivity contribution is 0.295. The molecule has 1 aliphatic rings. The summed E-state index contributed by atoms with van der Waals surface area (Å²) in [5.41, 5.74) is 1.75. The summed E-state index contributed by atoms with van der Waals surface area (Å²) in [5, 5.41) is 13.7. The Kier molecular flexibility index (Phi) is 7.64. The van der Waals surface area contributed by atoms with Gasteiger partial charge in [-0.3, -0.25) is 0 Å². The van der Waals surface area contributed by atoms with Crippen LogP contribution in [0.5, 0.6) is 23.0 Å². The lowest BCUT2D eigenvalue weighted by atomic mass is 9.69. The molecule has 0 aromatic heterocycles. The fraction of sp³-hybridized carbons (Fsp3) is 0.480. The normalized spacial score (nSPS) is 20.5. The van der Waals surface area contributed by atoms with E-state index in [1.807, 2.05) is 30.3 Å². The first-order valence-electron chi connectivity index (χ1n) is 10.7. The summed E-state index contributed by atoms with van der Waals surface area (Å²) in [6, 6.07) is 14.9. The van der Waals surface area contributed by atoms with E-state index in [0.717, 1.165) is 55.7 Å². The van der Waals surface area contributed by atoms with E-state index >= 15 is 0 Å². The first-order chi connectivity index (χ1) is 15.1. The van der Waals surface area contributed by atoms with Crippen LogP contribution in [0.1, 0.15) is 36.8 Å². The van der Waals surface area contributed by atoms with Crippen LogP contribution < -0.4 is 24.3 Å². The van der Waals surface area contributed by atoms with Gasteiger partial charge in [0.2, 0.25) is 0 Å². The molecule has 0 aliphatic heterocycles. The molecule has 1 saturated carbocycles. The van der Waals surface area contributed by atoms with E-state index in [9.17, 15) is 5.26 Å². The maximum absolute atomic E-state index is 10.0. The number of benzene rings is 2. The van der Waals surface area contributed by atoms with Crippen molar-refractivity contribution in [1.82, 2.24) is 5.32 Å². The zero-order valence-electron chi connectivity index (χ0n) is 18.9. The Labute approximate surface area is 185 Å². The van der Waals surface area contributed by atoms with E-state index in [4.69, 9.17) is 18.9 Å². The Morgan fingerprint density at radius 3 is 2.03 bits per heavy atom. The highest BCUT2D eigenvalue weighted by atomic mass is 16.5. The van der Waals surface area contributed by atoms with Crippen LogP contribution in [0, 0.1) is 11.3 Å². The van der Waals surface area contributed by atoms with E-state index in [1.165, 1.54) is 5.56 Å². The number of nitrogens with zero attached hydrogens (tertiary/aromatic N) is 1. The van der Waals surface area contributed by atoms with Gasteiger partial charge in [0.15, 0.2) is 23.0 Å². The summed E-state index contributed by atoms with van der Waals surface area (Å²) in [6.07, 6.45) is 4.50. The Balaban J connectivity index is 1.57. The molecule has 1 N–H and O–H groups in total. The number of ether oxygens (including phenoxy) is 4. The Morgan fingerprint density at radius 1 is 0.871 bits per heavy atom. The van der Waals surface area contributed by atoms with Crippen LogP contribution in [0.3, 0.4) is 0 Å². The van der Waals surface area contributed by atoms with Crippen LogP contribution in [0.25, 0.3) is 0 Å². The van der Waals surface area contributed by atoms with Gasteiger partial charge >= 0.3 is 0 Å². The average Bonchev–Trinajstić information content (AvgIpc) is 2.83. The van der Waals surface area contributed by atoms with Gasteiger partial charge in [0, 0.05) is 6.04 Å². The third-order valence-corrected chi connectivity index (χ3v) is 6.28. The van der Waals surface area contributed by atoms with E-state index in [2.05, 4.69) is 17.5 Å². The van der Waals surface area contributed by atoms with Gasteiger partial charge in [-0.1, -0.05) is 12.1 Å². The van der Waals surface area contributed by atoms with Gasteiger partial charge in [-0.05, 0) is 74.0 Å². The van der Waals surface area contributed by atoms with Crippen molar-refractivity contribution < 1.29 is 18.9 Å². The minimum Gasteiger partial charge on any atom is -0.493 e. The van der Waals surface area contributed by atoms with E-state index in [1.54, 1.807) is 28.4 Å². The second kappa shape index (κ2) is 10.4. The predicted octanol–water partition coefficient (Wildman–Crippen LogP) is 4.26. The van der Waals surface area contributed by atoms with Gasteiger partial charge in [-0.15, -0.1) is 0 Å². The number of methoxy groups -OCH3 is 4. The van der Waals surface area contributed by atoms with Crippen LogP contribution in [0.2, 0.25) is 0 Å². The number of rotatable bonds is 9. The van der Waals surface area contributed by atoms with Crippen LogP contribution >= 0.6 is 0 Å². The van der Waals surface area contributed by atoms with Crippen molar-refractivity contribution >= 4 is 0 Å². The lowest BCUT2D eigenvalue weighted by Crippen LogP contribution is -2.39. The van der Waals surface area contributed by atoms with Crippen molar-refractivity contribution in [2.75, 3.05) is 35.0 Å². The second-order valence-corrected chi connectivity index (χ2v) is 7.93. The molecule has 0 saturated heterocycles. The molecular formula is C25H32N2O4. The minimum atomic E-state index is -0.471. The molecule has 6 heteroatoms. The average molecular weight is 425 g/mol. The van der Waals surface area contributed by atoms with Crippen molar-refractivity contribution in [1.29, 1.82) is 5.26 Å². The molecule has 0 amide bonds. The van der Waals surface area contributed by atoms with Crippen molar-refractivity contribution in [2.45, 2.75) is 43.6 Å². The summed E-state index contributed by atoms with van der Waals surface area (Å²) >= 11 is 0. The van der Waals surface area contributed by atoms with Crippen LogP contribution in [0.15, 0.2) is 36.4 Å². The Hall–Kier alpha value is -2.91. The summed E-state index contributed by atoms with van der Waals surface area (Å²) in [5.74, 6) is 2.86. The molecule has 6 nitrogen and oxygen atoms in total. The van der Waals surface area contributed by atoms with E-state index in [0.29, 0.717) is 17.5 Å². The monoisotopic (exact) mass is 424 g/mol. The molecule has 0 spiro atoms. The van der Waals surface area contributed by atoms with E-state index in [-0.39, 0.29) is 0 Å². The standard InChI is InChI=1S/C25H32N2O4/c1-28-21-7-5-18(15-23(21)30-3)11-14-27-20-9-12-25(17-26,13-10-20)19-6-8-22(29-2)24(16-19)31-4/h5-8,15-16,20,27H,9-14H2,1-4H3. The fourth-order valence-corrected chi connectivity index (χ4v) is 4.37. The van der Waals surface area contributed by atoms with Crippen LogP contribution in [0.4, 0.5) is 0 Å². The molecule has 3 rings (SSSR count). The predicted molar refractivity (Wildman–Crippen MR) is 120 cm³/mol. The zero-order chi connectivity index (χ0) is 22.3. The fourth-order valence-electron chi connectivity index (χ4n) is 4.37. The molecule has 166 valence electrons. The highest BCUT2D eigenvalue weighted by Crippen LogP contribution is 2.42. The molecule has 2 aromatic carbocycles. The highest BCUT2D eigenvalue weighted by molar-refractivity contribution is 5.47. The smallest absolute Gasteiger partial charge is 0.161 e. The third kappa shape index (κ3) is 5.05. The SMILES string of the molecule is COc1ccc(CCNC2CCC(C#N)(c3ccc(OC)c(OC)c3)CC2)cc1OC. The van der Waals surface area contributed by atoms with Gasteiger partial charge in [0.05, 0.1) is 39.9 Å².